The Bertz CT molecular complexity index is 695. The van der Waals surface area contributed by atoms with Crippen LogP contribution in [0.3, 0.4) is 0 Å². The van der Waals surface area contributed by atoms with Gasteiger partial charge in [0.25, 0.3) is 0 Å². The maximum absolute atomic E-state index is 13.2. The van der Waals surface area contributed by atoms with Crippen molar-refractivity contribution in [2.24, 2.45) is 0 Å². The maximum Gasteiger partial charge on any atom is 0.412 e. The highest BCUT2D eigenvalue weighted by molar-refractivity contribution is 5.76. The Morgan fingerprint density at radius 1 is 1.35 bits per heavy atom. The molecule has 2 aromatic rings. The summed E-state index contributed by atoms with van der Waals surface area (Å²) in [6, 6.07) is 0.575. The molecule has 0 aliphatic carbocycles. The predicted octanol–water partition coefficient (Wildman–Crippen LogP) is 2.62. The van der Waals surface area contributed by atoms with Gasteiger partial charge in [0.15, 0.2) is 6.04 Å². The van der Waals surface area contributed by atoms with Gasteiger partial charge in [0, 0.05) is 23.7 Å². The first-order chi connectivity index (χ1) is 10.7. The Balaban J connectivity index is 2.17. The van der Waals surface area contributed by atoms with Crippen LogP contribution < -0.4 is 5.32 Å². The van der Waals surface area contributed by atoms with Crippen LogP contribution in [0.2, 0.25) is 0 Å². The molecule has 0 aliphatic heterocycles. The quantitative estimate of drug-likeness (QED) is 0.939. The van der Waals surface area contributed by atoms with Crippen LogP contribution in [0.15, 0.2) is 24.5 Å². The minimum absolute atomic E-state index is 0.113. The number of halogens is 3. The van der Waals surface area contributed by atoms with Crippen LogP contribution in [0.4, 0.5) is 13.2 Å². The number of nitrogens with one attached hydrogen (secondary N) is 1. The fraction of sp³-hybridized carbons (Fsp3) is 0.400. The summed E-state index contributed by atoms with van der Waals surface area (Å²) in [6.45, 7) is 5.13. The number of carbonyl (C=O) groups excluding carboxylic acids is 1. The van der Waals surface area contributed by atoms with Crippen LogP contribution in [-0.2, 0) is 11.3 Å². The molecule has 0 bridgehead atoms. The van der Waals surface area contributed by atoms with E-state index in [9.17, 15) is 18.0 Å². The van der Waals surface area contributed by atoms with Gasteiger partial charge in [0.2, 0.25) is 5.91 Å². The van der Waals surface area contributed by atoms with Crippen molar-refractivity contribution in [1.29, 1.82) is 0 Å². The molecule has 1 atom stereocenters. The molecule has 23 heavy (non-hydrogen) atoms. The standard InChI is InChI=1S/C15H17F3N4O/c1-9-10(2)21-22(11(9)3)8-13(23)20-14(15(16,17)18)12-5-4-6-19-7-12/h4-7,14H,8H2,1-3H3,(H,20,23)/t14-/m1/s1. The van der Waals surface area contributed by atoms with Gasteiger partial charge in [-0.05, 0) is 32.4 Å². The Labute approximate surface area is 131 Å². The fourth-order valence-electron chi connectivity index (χ4n) is 2.18. The summed E-state index contributed by atoms with van der Waals surface area (Å²) >= 11 is 0. The van der Waals surface area contributed by atoms with Crippen LogP contribution in [0.5, 0.6) is 0 Å². The van der Waals surface area contributed by atoms with E-state index in [4.69, 9.17) is 0 Å². The number of aryl methyl sites for hydroxylation is 1. The number of hydrogen-bond acceptors (Lipinski definition) is 3. The molecule has 1 amide bonds. The molecule has 0 aliphatic rings. The zero-order chi connectivity index (χ0) is 17.2. The Hall–Kier alpha value is -2.38. The zero-order valence-electron chi connectivity index (χ0n) is 13.0. The van der Waals surface area contributed by atoms with Crippen molar-refractivity contribution in [3.63, 3.8) is 0 Å². The highest BCUT2D eigenvalue weighted by Gasteiger charge is 2.42. The van der Waals surface area contributed by atoms with Crippen molar-refractivity contribution < 1.29 is 18.0 Å². The van der Waals surface area contributed by atoms with Crippen molar-refractivity contribution in [3.8, 4) is 0 Å². The average Bonchev–Trinajstić information content (AvgIpc) is 2.72. The van der Waals surface area contributed by atoms with Crippen LogP contribution in [0.25, 0.3) is 0 Å². The second-order valence-corrected chi connectivity index (χ2v) is 5.28. The van der Waals surface area contributed by atoms with Crippen molar-refractivity contribution in [1.82, 2.24) is 20.1 Å². The van der Waals surface area contributed by atoms with E-state index in [-0.39, 0.29) is 12.1 Å². The molecule has 0 radical (unpaired) electrons. The first-order valence-corrected chi connectivity index (χ1v) is 6.96. The molecule has 0 unspecified atom stereocenters. The summed E-state index contributed by atoms with van der Waals surface area (Å²) in [5.74, 6) is -0.762. The highest BCUT2D eigenvalue weighted by atomic mass is 19.4. The third-order valence-electron chi connectivity index (χ3n) is 3.69. The predicted molar refractivity (Wildman–Crippen MR) is 77.6 cm³/mol. The van der Waals surface area contributed by atoms with E-state index >= 15 is 0 Å². The number of aromatic nitrogens is 3. The van der Waals surface area contributed by atoms with Gasteiger partial charge in [-0.1, -0.05) is 6.07 Å². The Morgan fingerprint density at radius 2 is 2.04 bits per heavy atom. The lowest BCUT2D eigenvalue weighted by Crippen LogP contribution is -2.40. The van der Waals surface area contributed by atoms with Crippen LogP contribution in [0.1, 0.15) is 28.6 Å². The molecule has 0 spiro atoms. The van der Waals surface area contributed by atoms with Gasteiger partial charge in [-0.2, -0.15) is 18.3 Å². The molecule has 124 valence electrons. The van der Waals surface area contributed by atoms with Gasteiger partial charge in [-0.25, -0.2) is 0 Å². The molecule has 2 aromatic heterocycles. The number of alkyl halides is 3. The van der Waals surface area contributed by atoms with E-state index < -0.39 is 18.1 Å². The molecule has 0 saturated carbocycles. The molecule has 2 rings (SSSR count). The van der Waals surface area contributed by atoms with E-state index in [1.807, 2.05) is 12.2 Å². The monoisotopic (exact) mass is 326 g/mol. The number of pyridine rings is 1. The summed E-state index contributed by atoms with van der Waals surface area (Å²) in [5, 5.41) is 6.17. The lowest BCUT2D eigenvalue weighted by Gasteiger charge is -2.21. The maximum atomic E-state index is 13.2. The van der Waals surface area contributed by atoms with Gasteiger partial charge >= 0.3 is 6.18 Å². The van der Waals surface area contributed by atoms with Gasteiger partial charge in [-0.3, -0.25) is 14.5 Å². The summed E-state index contributed by atoms with van der Waals surface area (Å²) in [6.07, 6.45) is -2.15. The molecule has 0 saturated heterocycles. The molecular formula is C15H17F3N4O. The van der Waals surface area contributed by atoms with Crippen molar-refractivity contribution in [3.05, 3.63) is 47.0 Å². The van der Waals surface area contributed by atoms with Gasteiger partial charge in [0.1, 0.15) is 6.54 Å². The van der Waals surface area contributed by atoms with E-state index in [1.165, 1.54) is 23.0 Å². The lowest BCUT2D eigenvalue weighted by molar-refractivity contribution is -0.163. The largest absolute Gasteiger partial charge is 0.412 e. The lowest BCUT2D eigenvalue weighted by atomic mass is 10.1. The topological polar surface area (TPSA) is 59.8 Å². The highest BCUT2D eigenvalue weighted by Crippen LogP contribution is 2.32. The number of amides is 1. The molecule has 2 heterocycles. The molecule has 8 heteroatoms. The normalized spacial score (nSPS) is 13.0. The second-order valence-electron chi connectivity index (χ2n) is 5.28. The van der Waals surface area contributed by atoms with Crippen LogP contribution in [0, 0.1) is 20.8 Å². The third-order valence-corrected chi connectivity index (χ3v) is 3.69. The van der Waals surface area contributed by atoms with Gasteiger partial charge < -0.3 is 5.32 Å². The van der Waals surface area contributed by atoms with E-state index in [1.54, 1.807) is 13.8 Å². The Kier molecular flexibility index (Phi) is 4.72. The molecule has 0 aromatic carbocycles. The van der Waals surface area contributed by atoms with E-state index in [2.05, 4.69) is 10.1 Å². The van der Waals surface area contributed by atoms with Crippen molar-refractivity contribution in [2.75, 3.05) is 0 Å². The summed E-state index contributed by atoms with van der Waals surface area (Å²) in [7, 11) is 0. The second kappa shape index (κ2) is 6.39. The SMILES string of the molecule is Cc1nn(CC(=O)N[C@H](c2cccnc2)C(F)(F)F)c(C)c1C. The first kappa shape index (κ1) is 17.0. The summed E-state index contributed by atoms with van der Waals surface area (Å²) < 4.78 is 41.0. The zero-order valence-corrected chi connectivity index (χ0v) is 13.0. The van der Waals surface area contributed by atoms with Gasteiger partial charge in [0.05, 0.1) is 5.69 Å². The molecule has 5 nitrogen and oxygen atoms in total. The van der Waals surface area contributed by atoms with E-state index in [0.717, 1.165) is 23.1 Å². The van der Waals surface area contributed by atoms with Crippen molar-refractivity contribution in [2.45, 2.75) is 39.5 Å². The van der Waals surface area contributed by atoms with E-state index in [0.29, 0.717) is 0 Å². The Morgan fingerprint density at radius 3 is 2.52 bits per heavy atom. The van der Waals surface area contributed by atoms with Crippen molar-refractivity contribution >= 4 is 5.91 Å². The smallest absolute Gasteiger partial charge is 0.339 e. The minimum atomic E-state index is -4.61. The number of hydrogen-bond donors (Lipinski definition) is 1. The molecule has 0 fully saturated rings. The average molecular weight is 326 g/mol. The molecule has 1 N–H and O–H groups in total. The summed E-state index contributed by atoms with van der Waals surface area (Å²) in [4.78, 5) is 15.7. The number of nitrogens with zero attached hydrogens (tertiary/aromatic N) is 3. The van der Waals surface area contributed by atoms with Gasteiger partial charge in [-0.15, -0.1) is 0 Å². The number of rotatable bonds is 4. The molecular weight excluding hydrogens is 309 g/mol. The van der Waals surface area contributed by atoms with Crippen LogP contribution in [-0.4, -0.2) is 26.8 Å². The fourth-order valence-corrected chi connectivity index (χ4v) is 2.18. The van der Waals surface area contributed by atoms with Crippen LogP contribution >= 0.6 is 0 Å². The first-order valence-electron chi connectivity index (χ1n) is 6.96. The number of carbonyl (C=O) groups is 1. The minimum Gasteiger partial charge on any atom is -0.339 e. The summed E-state index contributed by atoms with van der Waals surface area (Å²) in [5.41, 5.74) is 2.30. The third kappa shape index (κ3) is 3.88.